The molecule has 23 heavy (non-hydrogen) atoms. The molecule has 0 aliphatic rings. The highest BCUT2D eigenvalue weighted by atomic mass is 28.1. The van der Waals surface area contributed by atoms with Gasteiger partial charge in [-0.15, -0.1) is 6.58 Å². The van der Waals surface area contributed by atoms with E-state index in [1.807, 2.05) is 0 Å². The molecular formula is C20H44N2Si. The average molecular weight is 341 g/mol. The van der Waals surface area contributed by atoms with E-state index in [2.05, 4.69) is 51.0 Å². The van der Waals surface area contributed by atoms with Gasteiger partial charge in [0.15, 0.2) is 0 Å². The van der Waals surface area contributed by atoms with Gasteiger partial charge in [-0.05, 0) is 32.6 Å². The van der Waals surface area contributed by atoms with E-state index < -0.39 is 0 Å². The Morgan fingerprint density at radius 3 is 1.17 bits per heavy atom. The van der Waals surface area contributed by atoms with Crippen LogP contribution in [0.3, 0.4) is 0 Å². The van der Waals surface area contributed by atoms with Crippen LogP contribution in [0.25, 0.3) is 0 Å². The third-order valence-electron chi connectivity index (χ3n) is 5.17. The van der Waals surface area contributed by atoms with Crippen LogP contribution in [-0.4, -0.2) is 51.9 Å². The van der Waals surface area contributed by atoms with Crippen LogP contribution in [0.1, 0.15) is 86.0 Å². The molecule has 0 aliphatic carbocycles. The molecule has 0 amide bonds. The molecule has 0 rings (SSSR count). The predicted molar refractivity (Wildman–Crippen MR) is 110 cm³/mol. The molecule has 0 N–H and O–H groups in total. The molecule has 0 fully saturated rings. The second-order valence-corrected chi connectivity index (χ2v) is 8.40. The van der Waals surface area contributed by atoms with Crippen molar-refractivity contribution in [3.05, 3.63) is 11.8 Å². The van der Waals surface area contributed by atoms with E-state index in [-0.39, 0.29) is 5.66 Å². The summed E-state index contributed by atoms with van der Waals surface area (Å²) in [7, 11) is 1.08. The minimum Gasteiger partial charge on any atom is -0.282 e. The van der Waals surface area contributed by atoms with Crippen molar-refractivity contribution in [2.45, 2.75) is 91.6 Å². The van der Waals surface area contributed by atoms with E-state index >= 15 is 0 Å². The van der Waals surface area contributed by atoms with E-state index in [1.165, 1.54) is 82.7 Å². The maximum absolute atomic E-state index is 4.48. The maximum Gasteiger partial charge on any atom is 0.0882 e. The molecule has 0 saturated heterocycles. The van der Waals surface area contributed by atoms with Gasteiger partial charge in [-0.1, -0.05) is 58.6 Å². The average Bonchev–Trinajstić information content (AvgIpc) is 2.54. The van der Waals surface area contributed by atoms with Crippen LogP contribution in [0.15, 0.2) is 11.8 Å². The molecule has 0 aliphatic heterocycles. The Balaban J connectivity index is 5.38. The first kappa shape index (κ1) is 22.9. The first-order valence-electron chi connectivity index (χ1n) is 10.1. The second-order valence-electron chi connectivity index (χ2n) is 7.19. The van der Waals surface area contributed by atoms with Crippen molar-refractivity contribution < 1.29 is 0 Å². The molecule has 0 unspecified atom stereocenters. The zero-order valence-electron chi connectivity index (χ0n) is 17.1. The lowest BCUT2D eigenvalue weighted by Crippen LogP contribution is -2.61. The summed E-state index contributed by atoms with van der Waals surface area (Å²) >= 11 is 0. The topological polar surface area (TPSA) is 6.48 Å². The van der Waals surface area contributed by atoms with Crippen LogP contribution >= 0.6 is 0 Å². The van der Waals surface area contributed by atoms with Crippen LogP contribution in [0.2, 0.25) is 0 Å². The van der Waals surface area contributed by atoms with Crippen molar-refractivity contribution in [1.29, 1.82) is 0 Å². The van der Waals surface area contributed by atoms with Gasteiger partial charge in [0.05, 0.1) is 5.66 Å². The molecule has 0 saturated carbocycles. The number of rotatable bonds is 15. The Bertz CT molecular complexity index is 268. The van der Waals surface area contributed by atoms with E-state index in [1.54, 1.807) is 0 Å². The molecule has 138 valence electrons. The Hall–Kier alpha value is -0.123. The minimum absolute atomic E-state index is 0.0703. The summed E-state index contributed by atoms with van der Waals surface area (Å²) in [6, 6.07) is 0. The molecule has 0 aromatic carbocycles. The molecular weight excluding hydrogens is 296 g/mol. The largest absolute Gasteiger partial charge is 0.282 e. The third-order valence-corrected chi connectivity index (χ3v) is 6.11. The van der Waals surface area contributed by atoms with Gasteiger partial charge in [0, 0.05) is 36.4 Å². The fourth-order valence-electron chi connectivity index (χ4n) is 3.23. The molecule has 0 aromatic rings. The van der Waals surface area contributed by atoms with E-state index in [0.29, 0.717) is 0 Å². The van der Waals surface area contributed by atoms with Crippen LogP contribution in [-0.2, 0) is 0 Å². The number of nitrogens with zero attached hydrogens (tertiary/aromatic N) is 2. The van der Waals surface area contributed by atoms with Crippen LogP contribution in [0.4, 0.5) is 0 Å². The van der Waals surface area contributed by atoms with Gasteiger partial charge in [0.25, 0.3) is 0 Å². The second kappa shape index (κ2) is 13.2. The number of unbranched alkanes of at least 4 members (excludes halogenated alkanes) is 4. The molecule has 0 heterocycles. The minimum atomic E-state index is 0.0703. The van der Waals surface area contributed by atoms with Gasteiger partial charge in [0.1, 0.15) is 0 Å². The molecule has 0 bridgehead atoms. The summed E-state index contributed by atoms with van der Waals surface area (Å²) in [6.07, 6.45) is 10.3. The SMILES string of the molecule is C=C([SiH3])C(C)(N(CCCC)CCCC)N(CCCC)CCCC. The normalized spacial score (nSPS) is 12.5. The Labute approximate surface area is 150 Å². The lowest BCUT2D eigenvalue weighted by atomic mass is 10.0. The highest BCUT2D eigenvalue weighted by molar-refractivity contribution is 6.22. The molecule has 0 aromatic heterocycles. The fraction of sp³-hybridized carbons (Fsp3) is 0.900. The van der Waals surface area contributed by atoms with E-state index in [0.717, 1.165) is 10.2 Å². The first-order valence-corrected chi connectivity index (χ1v) is 11.1. The van der Waals surface area contributed by atoms with Crippen molar-refractivity contribution in [3.8, 4) is 0 Å². The summed E-state index contributed by atoms with van der Waals surface area (Å²) in [4.78, 5) is 5.50. The van der Waals surface area contributed by atoms with Crippen LogP contribution in [0.5, 0.6) is 0 Å². The molecule has 0 radical (unpaired) electrons. The predicted octanol–water partition coefficient (Wildman–Crippen LogP) is 4.39. The number of hydrogen-bond donors (Lipinski definition) is 0. The Morgan fingerprint density at radius 1 is 0.739 bits per heavy atom. The molecule has 0 spiro atoms. The van der Waals surface area contributed by atoms with Gasteiger partial charge < -0.3 is 0 Å². The van der Waals surface area contributed by atoms with Gasteiger partial charge in [-0.2, -0.15) is 0 Å². The smallest absolute Gasteiger partial charge is 0.0882 e. The summed E-state index contributed by atoms with van der Waals surface area (Å²) < 4.78 is 0. The zero-order chi connectivity index (χ0) is 17.7. The third kappa shape index (κ3) is 7.53. The summed E-state index contributed by atoms with van der Waals surface area (Å²) in [5.41, 5.74) is 0.0703. The van der Waals surface area contributed by atoms with Crippen molar-refractivity contribution >= 4 is 10.2 Å². The van der Waals surface area contributed by atoms with Gasteiger partial charge in [0.2, 0.25) is 0 Å². The first-order chi connectivity index (χ1) is 11.0. The Kier molecular flexibility index (Phi) is 13.1. The standard InChI is InChI=1S/C20H44N2Si/c1-7-11-15-21(16-12-8-2)20(6,19(5)23)22(17-13-9-3)18-14-10-4/h5,7-18H2,1-4,6,23H3. The maximum atomic E-state index is 4.48. The number of hydrogen-bond acceptors (Lipinski definition) is 2. The van der Waals surface area contributed by atoms with Crippen LogP contribution < -0.4 is 0 Å². The van der Waals surface area contributed by atoms with Crippen molar-refractivity contribution in [1.82, 2.24) is 9.80 Å². The van der Waals surface area contributed by atoms with E-state index in [9.17, 15) is 0 Å². The highest BCUT2D eigenvalue weighted by Gasteiger charge is 2.37. The van der Waals surface area contributed by atoms with Gasteiger partial charge in [-0.25, -0.2) is 0 Å². The molecule has 0 atom stereocenters. The van der Waals surface area contributed by atoms with Crippen LogP contribution in [0, 0.1) is 0 Å². The molecule has 3 heteroatoms. The summed E-state index contributed by atoms with van der Waals surface area (Å²) in [5.74, 6) is 0. The zero-order valence-corrected chi connectivity index (χ0v) is 19.1. The monoisotopic (exact) mass is 340 g/mol. The lowest BCUT2D eigenvalue weighted by Gasteiger charge is -2.50. The van der Waals surface area contributed by atoms with Gasteiger partial charge in [-0.3, -0.25) is 9.80 Å². The van der Waals surface area contributed by atoms with Crippen molar-refractivity contribution in [2.24, 2.45) is 0 Å². The Morgan fingerprint density at radius 2 is 1.00 bits per heavy atom. The lowest BCUT2D eigenvalue weighted by molar-refractivity contribution is -0.0160. The summed E-state index contributed by atoms with van der Waals surface area (Å²) in [6.45, 7) is 21.0. The van der Waals surface area contributed by atoms with Crippen molar-refractivity contribution in [3.63, 3.8) is 0 Å². The van der Waals surface area contributed by atoms with Gasteiger partial charge >= 0.3 is 0 Å². The quantitative estimate of drug-likeness (QED) is 0.322. The van der Waals surface area contributed by atoms with E-state index in [4.69, 9.17) is 0 Å². The highest BCUT2D eigenvalue weighted by Crippen LogP contribution is 2.28. The molecule has 2 nitrogen and oxygen atoms in total. The van der Waals surface area contributed by atoms with Crippen molar-refractivity contribution in [2.75, 3.05) is 26.2 Å². The fourth-order valence-corrected chi connectivity index (χ4v) is 3.86. The summed E-state index contributed by atoms with van der Waals surface area (Å²) in [5, 5.41) is 1.44.